The lowest BCUT2D eigenvalue weighted by Crippen LogP contribution is -2.20. The van der Waals surface area contributed by atoms with Crippen molar-refractivity contribution in [3.05, 3.63) is 22.8 Å². The zero-order valence-corrected chi connectivity index (χ0v) is 10.3. The fraction of sp³-hybridized carbons (Fsp3) is 0.444. The highest BCUT2D eigenvalue weighted by Gasteiger charge is 2.20. The van der Waals surface area contributed by atoms with E-state index in [1.807, 2.05) is 12.3 Å². The van der Waals surface area contributed by atoms with Crippen LogP contribution in [0, 0.1) is 0 Å². The molecule has 0 amide bonds. The summed E-state index contributed by atoms with van der Waals surface area (Å²) in [4.78, 5) is 7.27. The van der Waals surface area contributed by atoms with Crippen molar-refractivity contribution in [2.24, 2.45) is 0 Å². The van der Waals surface area contributed by atoms with Gasteiger partial charge >= 0.3 is 0 Å². The highest BCUT2D eigenvalue weighted by Crippen LogP contribution is 2.22. The zero-order valence-electron chi connectivity index (χ0n) is 7.08. The number of pyridine rings is 1. The fourth-order valence-corrected chi connectivity index (χ4v) is 2.27. The Morgan fingerprint density at radius 2 is 2.31 bits per heavy atom. The van der Waals surface area contributed by atoms with E-state index in [1.165, 1.54) is 6.42 Å². The Bertz CT molecular complexity index is 286. The largest absolute Gasteiger partial charge is 0.355 e. The van der Waals surface area contributed by atoms with Gasteiger partial charge in [0.25, 0.3) is 0 Å². The van der Waals surface area contributed by atoms with Crippen molar-refractivity contribution in [3.8, 4) is 0 Å². The van der Waals surface area contributed by atoms with Crippen LogP contribution in [0.3, 0.4) is 0 Å². The molecular formula is C9H10Br2N2. The smallest absolute Gasteiger partial charge is 0.128 e. The summed E-state index contributed by atoms with van der Waals surface area (Å²) in [6.45, 7) is 2.17. The molecule has 1 aromatic rings. The lowest BCUT2D eigenvalue weighted by molar-refractivity contribution is 0.937. The maximum Gasteiger partial charge on any atom is 0.128 e. The van der Waals surface area contributed by atoms with E-state index in [0.29, 0.717) is 4.83 Å². The molecule has 70 valence electrons. The van der Waals surface area contributed by atoms with Gasteiger partial charge in [-0.05, 0) is 34.5 Å². The molecule has 2 heterocycles. The Morgan fingerprint density at radius 3 is 2.85 bits per heavy atom. The van der Waals surface area contributed by atoms with Gasteiger partial charge in [0.05, 0.1) is 0 Å². The minimum absolute atomic E-state index is 0.623. The maximum absolute atomic E-state index is 4.35. The van der Waals surface area contributed by atoms with Crippen LogP contribution in [0.4, 0.5) is 5.82 Å². The topological polar surface area (TPSA) is 16.1 Å². The Kier molecular flexibility index (Phi) is 2.89. The summed E-state index contributed by atoms with van der Waals surface area (Å²) >= 11 is 6.99. The van der Waals surface area contributed by atoms with Gasteiger partial charge in [-0.2, -0.15) is 0 Å². The van der Waals surface area contributed by atoms with Gasteiger partial charge < -0.3 is 4.90 Å². The third kappa shape index (κ3) is 2.23. The molecule has 1 aliphatic rings. The van der Waals surface area contributed by atoms with Crippen LogP contribution in [-0.2, 0) is 0 Å². The van der Waals surface area contributed by atoms with Crippen LogP contribution in [0.5, 0.6) is 0 Å². The second-order valence-electron chi connectivity index (χ2n) is 3.17. The van der Waals surface area contributed by atoms with Crippen molar-refractivity contribution < 1.29 is 0 Å². The predicted octanol–water partition coefficient (Wildman–Crippen LogP) is 2.82. The van der Waals surface area contributed by atoms with Crippen molar-refractivity contribution in [2.75, 3.05) is 18.0 Å². The Balaban J connectivity index is 2.13. The van der Waals surface area contributed by atoms with Crippen LogP contribution in [0.1, 0.15) is 6.42 Å². The number of hydrogen-bond donors (Lipinski definition) is 0. The van der Waals surface area contributed by atoms with Crippen molar-refractivity contribution in [2.45, 2.75) is 11.2 Å². The molecule has 1 atom stereocenters. The molecule has 0 aromatic carbocycles. The lowest BCUT2D eigenvalue weighted by Gasteiger charge is -2.15. The second kappa shape index (κ2) is 3.96. The normalized spacial score (nSPS) is 22.3. The highest BCUT2D eigenvalue weighted by atomic mass is 79.9. The highest BCUT2D eigenvalue weighted by molar-refractivity contribution is 9.10. The number of alkyl halides is 1. The molecule has 0 bridgehead atoms. The van der Waals surface area contributed by atoms with E-state index >= 15 is 0 Å². The summed E-state index contributed by atoms with van der Waals surface area (Å²) in [5, 5.41) is 0. The third-order valence-electron chi connectivity index (χ3n) is 2.17. The van der Waals surface area contributed by atoms with Gasteiger partial charge in [0.1, 0.15) is 5.82 Å². The molecule has 1 aromatic heterocycles. The SMILES string of the molecule is Brc1ccc(N2CCC(Br)C2)nc1. The summed E-state index contributed by atoms with van der Waals surface area (Å²) in [5.74, 6) is 1.07. The second-order valence-corrected chi connectivity index (χ2v) is 5.38. The molecule has 2 rings (SSSR count). The number of nitrogens with zero attached hydrogens (tertiary/aromatic N) is 2. The minimum atomic E-state index is 0.623. The lowest BCUT2D eigenvalue weighted by atomic mass is 10.4. The first-order valence-electron chi connectivity index (χ1n) is 4.26. The molecule has 1 fully saturated rings. The van der Waals surface area contributed by atoms with Crippen LogP contribution in [0.25, 0.3) is 0 Å². The monoisotopic (exact) mass is 304 g/mol. The maximum atomic E-state index is 4.35. The van der Waals surface area contributed by atoms with Gasteiger partial charge in [-0.25, -0.2) is 4.98 Å². The Labute approximate surface area is 94.6 Å². The number of aromatic nitrogens is 1. The van der Waals surface area contributed by atoms with Gasteiger partial charge in [-0.1, -0.05) is 15.9 Å². The minimum Gasteiger partial charge on any atom is -0.355 e. The first-order valence-corrected chi connectivity index (χ1v) is 5.97. The molecule has 4 heteroatoms. The van der Waals surface area contributed by atoms with E-state index in [-0.39, 0.29) is 0 Å². The van der Waals surface area contributed by atoms with Crippen LogP contribution in [-0.4, -0.2) is 22.9 Å². The fourth-order valence-electron chi connectivity index (χ4n) is 1.48. The molecular weight excluding hydrogens is 296 g/mol. The third-order valence-corrected chi connectivity index (χ3v) is 3.38. The van der Waals surface area contributed by atoms with E-state index in [9.17, 15) is 0 Å². The molecule has 0 saturated carbocycles. The van der Waals surface area contributed by atoms with Crippen LogP contribution < -0.4 is 4.90 Å². The summed E-state index contributed by atoms with van der Waals surface area (Å²) in [7, 11) is 0. The molecule has 0 radical (unpaired) electrons. The molecule has 0 N–H and O–H groups in total. The molecule has 0 aliphatic carbocycles. The number of hydrogen-bond acceptors (Lipinski definition) is 2. The molecule has 0 spiro atoms. The zero-order chi connectivity index (χ0) is 9.26. The van der Waals surface area contributed by atoms with E-state index in [2.05, 4.69) is 47.8 Å². The number of anilines is 1. The summed E-state index contributed by atoms with van der Waals surface area (Å²) in [6, 6.07) is 4.08. The molecule has 2 nitrogen and oxygen atoms in total. The average Bonchev–Trinajstić information content (AvgIpc) is 2.53. The van der Waals surface area contributed by atoms with Crippen LogP contribution >= 0.6 is 31.9 Å². The predicted molar refractivity (Wildman–Crippen MR) is 61.5 cm³/mol. The standard InChI is InChI=1S/C9H10Br2N2/c10-7-1-2-9(12-5-7)13-4-3-8(11)6-13/h1-2,5,8H,3-4,6H2. The molecule has 1 unspecified atom stereocenters. The quantitative estimate of drug-likeness (QED) is 0.742. The number of halogens is 2. The molecule has 1 aliphatic heterocycles. The Morgan fingerprint density at radius 1 is 1.46 bits per heavy atom. The van der Waals surface area contributed by atoms with Gasteiger partial charge in [0, 0.05) is 28.6 Å². The molecule has 13 heavy (non-hydrogen) atoms. The molecule has 1 saturated heterocycles. The van der Waals surface area contributed by atoms with Crippen molar-refractivity contribution in [1.82, 2.24) is 4.98 Å². The van der Waals surface area contributed by atoms with E-state index < -0.39 is 0 Å². The van der Waals surface area contributed by atoms with E-state index in [4.69, 9.17) is 0 Å². The number of rotatable bonds is 1. The van der Waals surface area contributed by atoms with Crippen molar-refractivity contribution >= 4 is 37.7 Å². The van der Waals surface area contributed by atoms with Gasteiger partial charge in [-0.3, -0.25) is 0 Å². The van der Waals surface area contributed by atoms with E-state index in [1.54, 1.807) is 0 Å². The first-order chi connectivity index (χ1) is 6.25. The summed E-state index contributed by atoms with van der Waals surface area (Å²) in [6.07, 6.45) is 3.05. The van der Waals surface area contributed by atoms with Gasteiger partial charge in [0.15, 0.2) is 0 Å². The van der Waals surface area contributed by atoms with E-state index in [0.717, 1.165) is 23.4 Å². The van der Waals surface area contributed by atoms with Gasteiger partial charge in [-0.15, -0.1) is 0 Å². The van der Waals surface area contributed by atoms with Crippen molar-refractivity contribution in [3.63, 3.8) is 0 Å². The Hall–Kier alpha value is -0.0900. The van der Waals surface area contributed by atoms with Crippen LogP contribution in [0.15, 0.2) is 22.8 Å². The summed E-state index contributed by atoms with van der Waals surface area (Å²) < 4.78 is 1.03. The van der Waals surface area contributed by atoms with Gasteiger partial charge in [0.2, 0.25) is 0 Å². The van der Waals surface area contributed by atoms with Crippen molar-refractivity contribution in [1.29, 1.82) is 0 Å². The average molecular weight is 306 g/mol. The summed E-state index contributed by atoms with van der Waals surface area (Å²) in [5.41, 5.74) is 0. The van der Waals surface area contributed by atoms with Crippen LogP contribution in [0.2, 0.25) is 0 Å². The first kappa shape index (κ1) is 9.46.